The molecule has 3 rings (SSSR count). The zero-order valence-corrected chi connectivity index (χ0v) is 14.8. The molecule has 0 radical (unpaired) electrons. The van der Waals surface area contributed by atoms with Crippen LogP contribution >= 0.6 is 11.3 Å². The van der Waals surface area contributed by atoms with Gasteiger partial charge in [0.25, 0.3) is 0 Å². The van der Waals surface area contributed by atoms with Crippen LogP contribution in [0.1, 0.15) is 10.4 Å². The number of amides is 1. The molecule has 0 aliphatic carbocycles. The normalized spacial score (nSPS) is 17.4. The number of ether oxygens (including phenoxy) is 2. The minimum atomic E-state index is -0.292. The lowest BCUT2D eigenvalue weighted by Gasteiger charge is -2.32. The van der Waals surface area contributed by atoms with E-state index >= 15 is 0 Å². The Morgan fingerprint density at radius 3 is 2.96 bits per heavy atom. The summed E-state index contributed by atoms with van der Waals surface area (Å²) in [7, 11) is 0. The second-order valence-corrected chi connectivity index (χ2v) is 6.91. The van der Waals surface area contributed by atoms with Crippen LogP contribution < -0.4 is 11.1 Å². The summed E-state index contributed by atoms with van der Waals surface area (Å²) in [4.78, 5) is 15.1. The molecular formula is C18H23N3O3S. The van der Waals surface area contributed by atoms with Crippen LogP contribution in [0.5, 0.6) is 0 Å². The van der Waals surface area contributed by atoms with Crippen molar-refractivity contribution in [1.29, 1.82) is 0 Å². The quantitative estimate of drug-likeness (QED) is 0.826. The monoisotopic (exact) mass is 361 g/mol. The maximum atomic E-state index is 12.2. The Hall–Kier alpha value is -2.09. The van der Waals surface area contributed by atoms with Gasteiger partial charge in [-0.1, -0.05) is 30.3 Å². The molecule has 2 heterocycles. The lowest BCUT2D eigenvalue weighted by atomic mass is 10.2. The van der Waals surface area contributed by atoms with Gasteiger partial charge in [0.2, 0.25) is 0 Å². The molecule has 3 N–H and O–H groups in total. The van der Waals surface area contributed by atoms with Gasteiger partial charge in [-0.3, -0.25) is 0 Å². The number of thiophene rings is 1. The Kier molecular flexibility index (Phi) is 6.27. The van der Waals surface area contributed by atoms with E-state index in [1.54, 1.807) is 16.2 Å². The molecule has 1 fully saturated rings. The smallest absolute Gasteiger partial charge is 0.410 e. The van der Waals surface area contributed by atoms with E-state index in [4.69, 9.17) is 15.2 Å². The SMILES string of the molecule is Nc1ccsc1CNCC1CN(C(=O)OCc2ccccc2)CCO1. The summed E-state index contributed by atoms with van der Waals surface area (Å²) in [6.45, 7) is 3.27. The molecule has 6 nitrogen and oxygen atoms in total. The second-order valence-electron chi connectivity index (χ2n) is 5.91. The van der Waals surface area contributed by atoms with Crippen molar-refractivity contribution in [2.75, 3.05) is 32.0 Å². The number of nitrogen functional groups attached to an aromatic ring is 1. The fraction of sp³-hybridized carbons (Fsp3) is 0.389. The van der Waals surface area contributed by atoms with Gasteiger partial charge in [-0.25, -0.2) is 4.79 Å². The summed E-state index contributed by atoms with van der Waals surface area (Å²) < 4.78 is 11.1. The van der Waals surface area contributed by atoms with Crippen LogP contribution in [-0.4, -0.2) is 43.3 Å². The van der Waals surface area contributed by atoms with Gasteiger partial charge in [0.05, 0.1) is 19.3 Å². The molecule has 1 atom stereocenters. The molecule has 1 aromatic heterocycles. The molecule has 2 aromatic rings. The van der Waals surface area contributed by atoms with Gasteiger partial charge in [0.15, 0.2) is 0 Å². The molecule has 1 amide bonds. The number of benzene rings is 1. The average molecular weight is 361 g/mol. The third kappa shape index (κ3) is 5.19. The van der Waals surface area contributed by atoms with E-state index in [1.165, 1.54) is 0 Å². The fourth-order valence-corrected chi connectivity index (χ4v) is 3.43. The van der Waals surface area contributed by atoms with Crippen LogP contribution in [0.3, 0.4) is 0 Å². The van der Waals surface area contributed by atoms with Crippen LogP contribution in [0.2, 0.25) is 0 Å². The molecule has 1 saturated heterocycles. The van der Waals surface area contributed by atoms with Gasteiger partial charge in [0.1, 0.15) is 6.61 Å². The van der Waals surface area contributed by atoms with Crippen LogP contribution in [0.25, 0.3) is 0 Å². The van der Waals surface area contributed by atoms with Gasteiger partial charge < -0.3 is 25.4 Å². The molecule has 134 valence electrons. The van der Waals surface area contributed by atoms with Crippen LogP contribution in [-0.2, 0) is 22.6 Å². The van der Waals surface area contributed by atoms with E-state index in [-0.39, 0.29) is 18.8 Å². The van der Waals surface area contributed by atoms with Crippen LogP contribution in [0, 0.1) is 0 Å². The predicted octanol–water partition coefficient (Wildman–Crippen LogP) is 2.46. The summed E-state index contributed by atoms with van der Waals surface area (Å²) in [5, 5.41) is 5.32. The number of carbonyl (C=O) groups is 1. The largest absolute Gasteiger partial charge is 0.445 e. The van der Waals surface area contributed by atoms with Crippen molar-refractivity contribution in [2.45, 2.75) is 19.3 Å². The molecule has 25 heavy (non-hydrogen) atoms. The zero-order valence-electron chi connectivity index (χ0n) is 14.0. The highest BCUT2D eigenvalue weighted by Gasteiger charge is 2.25. The topological polar surface area (TPSA) is 76.8 Å². The first-order chi connectivity index (χ1) is 12.2. The third-order valence-electron chi connectivity index (χ3n) is 4.04. The Labute approximate surface area is 151 Å². The molecule has 0 spiro atoms. The number of hydrogen-bond donors (Lipinski definition) is 2. The number of nitrogens with zero attached hydrogens (tertiary/aromatic N) is 1. The third-order valence-corrected chi connectivity index (χ3v) is 4.98. The number of nitrogens with one attached hydrogen (secondary N) is 1. The standard InChI is InChI=1S/C18H23N3O3S/c19-16-6-9-25-17(16)11-20-10-15-12-21(7-8-23-15)18(22)24-13-14-4-2-1-3-5-14/h1-6,9,15,20H,7-8,10-13,19H2. The van der Waals surface area contributed by atoms with E-state index in [9.17, 15) is 4.79 Å². The molecular weight excluding hydrogens is 338 g/mol. The van der Waals surface area contributed by atoms with Gasteiger partial charge >= 0.3 is 6.09 Å². The van der Waals surface area contributed by atoms with Crippen molar-refractivity contribution < 1.29 is 14.3 Å². The van der Waals surface area contributed by atoms with Gasteiger partial charge in [0, 0.05) is 30.2 Å². The second kappa shape index (κ2) is 8.84. The molecule has 1 aliphatic heterocycles. The minimum Gasteiger partial charge on any atom is -0.445 e. The number of morpholine rings is 1. The van der Waals surface area contributed by atoms with Crippen molar-refractivity contribution in [1.82, 2.24) is 10.2 Å². The van der Waals surface area contributed by atoms with E-state index in [0.29, 0.717) is 32.8 Å². The lowest BCUT2D eigenvalue weighted by Crippen LogP contribution is -2.49. The zero-order chi connectivity index (χ0) is 17.5. The van der Waals surface area contributed by atoms with Crippen molar-refractivity contribution in [3.8, 4) is 0 Å². The Morgan fingerprint density at radius 2 is 2.20 bits per heavy atom. The number of rotatable bonds is 6. The average Bonchev–Trinajstić information content (AvgIpc) is 3.06. The Balaban J connectivity index is 1.41. The maximum absolute atomic E-state index is 12.2. The van der Waals surface area contributed by atoms with Crippen molar-refractivity contribution in [3.63, 3.8) is 0 Å². The number of carbonyl (C=O) groups excluding carboxylic acids is 1. The van der Waals surface area contributed by atoms with E-state index in [1.807, 2.05) is 41.8 Å². The highest BCUT2D eigenvalue weighted by Crippen LogP contribution is 2.18. The highest BCUT2D eigenvalue weighted by atomic mass is 32.1. The molecule has 0 saturated carbocycles. The molecule has 7 heteroatoms. The number of hydrogen-bond acceptors (Lipinski definition) is 6. The van der Waals surface area contributed by atoms with Crippen LogP contribution in [0.15, 0.2) is 41.8 Å². The first kappa shape index (κ1) is 17.7. The molecule has 1 aromatic carbocycles. The summed E-state index contributed by atoms with van der Waals surface area (Å²) in [6, 6.07) is 11.6. The van der Waals surface area contributed by atoms with E-state index < -0.39 is 0 Å². The van der Waals surface area contributed by atoms with Gasteiger partial charge in [-0.2, -0.15) is 0 Å². The molecule has 0 bridgehead atoms. The summed E-state index contributed by atoms with van der Waals surface area (Å²) in [5.74, 6) is 0. The van der Waals surface area contributed by atoms with Crippen molar-refractivity contribution >= 4 is 23.1 Å². The number of nitrogens with two attached hydrogens (primary N) is 1. The summed E-state index contributed by atoms with van der Waals surface area (Å²) in [6.07, 6.45) is -0.334. The van der Waals surface area contributed by atoms with Gasteiger partial charge in [-0.05, 0) is 17.0 Å². The number of anilines is 1. The van der Waals surface area contributed by atoms with Gasteiger partial charge in [-0.15, -0.1) is 11.3 Å². The first-order valence-corrected chi connectivity index (χ1v) is 9.20. The highest BCUT2D eigenvalue weighted by molar-refractivity contribution is 7.10. The maximum Gasteiger partial charge on any atom is 0.410 e. The Bertz CT molecular complexity index is 677. The minimum absolute atomic E-state index is 0.0424. The summed E-state index contributed by atoms with van der Waals surface area (Å²) >= 11 is 1.63. The Morgan fingerprint density at radius 1 is 1.36 bits per heavy atom. The van der Waals surface area contributed by atoms with Crippen molar-refractivity contribution in [2.24, 2.45) is 0 Å². The van der Waals surface area contributed by atoms with Crippen molar-refractivity contribution in [3.05, 3.63) is 52.2 Å². The van der Waals surface area contributed by atoms with Crippen LogP contribution in [0.4, 0.5) is 10.5 Å². The lowest BCUT2D eigenvalue weighted by molar-refractivity contribution is -0.0271. The van der Waals surface area contributed by atoms with E-state index in [2.05, 4.69) is 5.32 Å². The van der Waals surface area contributed by atoms with E-state index in [0.717, 1.165) is 16.1 Å². The first-order valence-electron chi connectivity index (χ1n) is 8.32. The molecule has 1 unspecified atom stereocenters. The summed E-state index contributed by atoms with van der Waals surface area (Å²) in [5.41, 5.74) is 7.67. The molecule has 1 aliphatic rings. The predicted molar refractivity (Wildman–Crippen MR) is 98.4 cm³/mol. The fourth-order valence-electron chi connectivity index (χ4n) is 2.66.